The van der Waals surface area contributed by atoms with Crippen LogP contribution in [0.25, 0.3) is 11.1 Å². The first-order valence-electron chi connectivity index (χ1n) is 11.5. The number of carbonyl (C=O) groups is 1. The van der Waals surface area contributed by atoms with Crippen LogP contribution in [-0.4, -0.2) is 56.3 Å². The molecule has 1 aromatic heterocycles. The first-order valence-corrected chi connectivity index (χ1v) is 11.9. The van der Waals surface area contributed by atoms with E-state index < -0.39 is 0 Å². The Hall–Kier alpha value is -2.06. The summed E-state index contributed by atoms with van der Waals surface area (Å²) >= 11 is 6.45. The Kier molecular flexibility index (Phi) is 7.96. The molecule has 1 aromatic carbocycles. The molecule has 2 aromatic rings. The van der Waals surface area contributed by atoms with Crippen LogP contribution in [0.2, 0.25) is 5.02 Å². The number of pyridine rings is 1. The maximum atomic E-state index is 14.6. The van der Waals surface area contributed by atoms with Gasteiger partial charge >= 0.3 is 0 Å². The van der Waals surface area contributed by atoms with Crippen LogP contribution in [0, 0.1) is 11.7 Å². The van der Waals surface area contributed by atoms with Gasteiger partial charge in [-0.05, 0) is 43.1 Å². The average Bonchev–Trinajstić information content (AvgIpc) is 2.86. The highest BCUT2D eigenvalue weighted by atomic mass is 35.5. The molecule has 4 rings (SSSR count). The molecule has 0 aliphatic carbocycles. The van der Waals surface area contributed by atoms with Crippen molar-refractivity contribution in [2.45, 2.75) is 37.7 Å². The molecule has 2 saturated heterocycles. The van der Waals surface area contributed by atoms with Gasteiger partial charge < -0.3 is 20.1 Å². The van der Waals surface area contributed by atoms with E-state index in [0.717, 1.165) is 49.9 Å². The van der Waals surface area contributed by atoms with Crippen LogP contribution in [0.4, 0.5) is 10.1 Å². The highest BCUT2D eigenvalue weighted by Crippen LogP contribution is 2.32. The molecule has 2 fully saturated rings. The second-order valence-corrected chi connectivity index (χ2v) is 9.30. The van der Waals surface area contributed by atoms with Crippen molar-refractivity contribution in [1.29, 1.82) is 0 Å². The summed E-state index contributed by atoms with van der Waals surface area (Å²) in [4.78, 5) is 17.1. The minimum absolute atomic E-state index is 0.0274. The van der Waals surface area contributed by atoms with Crippen molar-refractivity contribution < 1.29 is 18.7 Å². The number of carbonyl (C=O) groups excluding carboxylic acids is 1. The normalized spacial score (nSPS) is 20.4. The molecule has 1 atom stereocenters. The highest BCUT2D eigenvalue weighted by molar-refractivity contribution is 6.33. The van der Waals surface area contributed by atoms with Crippen LogP contribution < -0.4 is 10.6 Å². The number of hydrogen-bond acceptors (Lipinski definition) is 6. The minimum Gasteiger partial charge on any atom is -0.381 e. The van der Waals surface area contributed by atoms with Gasteiger partial charge in [-0.3, -0.25) is 9.78 Å². The summed E-state index contributed by atoms with van der Waals surface area (Å²) in [6, 6.07) is 6.70. The third kappa shape index (κ3) is 5.90. The Bertz CT molecular complexity index is 975. The summed E-state index contributed by atoms with van der Waals surface area (Å²) in [6.07, 6.45) is 5.26. The highest BCUT2D eigenvalue weighted by Gasteiger charge is 2.32. The summed E-state index contributed by atoms with van der Waals surface area (Å²) in [5.74, 6) is -0.132. The lowest BCUT2D eigenvalue weighted by atomic mass is 9.92. The Morgan fingerprint density at radius 1 is 1.36 bits per heavy atom. The van der Waals surface area contributed by atoms with Gasteiger partial charge in [0.1, 0.15) is 11.6 Å². The molecular formula is C25H31ClFN3O3. The summed E-state index contributed by atoms with van der Waals surface area (Å²) < 4.78 is 25.8. The van der Waals surface area contributed by atoms with E-state index in [1.165, 1.54) is 6.07 Å². The van der Waals surface area contributed by atoms with Crippen molar-refractivity contribution in [3.8, 4) is 11.1 Å². The number of nitrogens with one attached hydrogen (secondary N) is 2. The minimum atomic E-state index is -0.378. The first kappa shape index (κ1) is 24.1. The van der Waals surface area contributed by atoms with Gasteiger partial charge in [0.25, 0.3) is 0 Å². The zero-order valence-corrected chi connectivity index (χ0v) is 19.7. The number of piperidine rings is 1. The lowest BCUT2D eigenvalue weighted by Crippen LogP contribution is -2.44. The number of aromatic nitrogens is 1. The lowest BCUT2D eigenvalue weighted by molar-refractivity contribution is -0.122. The molecular weight excluding hydrogens is 445 g/mol. The number of benzene rings is 1. The molecule has 33 heavy (non-hydrogen) atoms. The Morgan fingerprint density at radius 2 is 2.18 bits per heavy atom. The second-order valence-electron chi connectivity index (χ2n) is 8.89. The predicted octanol–water partition coefficient (Wildman–Crippen LogP) is 4.26. The van der Waals surface area contributed by atoms with Crippen molar-refractivity contribution in [2.75, 3.05) is 45.3 Å². The number of methoxy groups -OCH3 is 1. The average molecular weight is 476 g/mol. The van der Waals surface area contributed by atoms with E-state index in [4.69, 9.17) is 21.1 Å². The molecule has 3 heterocycles. The van der Waals surface area contributed by atoms with E-state index in [-0.39, 0.29) is 29.5 Å². The van der Waals surface area contributed by atoms with Crippen molar-refractivity contribution in [2.24, 2.45) is 5.92 Å². The van der Waals surface area contributed by atoms with E-state index in [2.05, 4.69) is 15.6 Å². The van der Waals surface area contributed by atoms with Gasteiger partial charge in [-0.2, -0.15) is 0 Å². The Balaban J connectivity index is 1.51. The fourth-order valence-corrected chi connectivity index (χ4v) is 4.74. The molecule has 8 heteroatoms. The molecule has 2 aliphatic heterocycles. The van der Waals surface area contributed by atoms with Crippen molar-refractivity contribution in [1.82, 2.24) is 10.3 Å². The first-order chi connectivity index (χ1) is 16.0. The number of Topliss-reactive ketones (excluding diaryl/α,β-unsaturated/α-hetero) is 1. The standard InChI is InChI=1S/C25H31ClFN3O3/c1-32-25(6-9-33-10-7-25)16-30-23-11-17(4-5-22(23)27)20-12-19(29-15-21(20)26)13-24(31)18-3-2-8-28-14-18/h4-5,11-12,15,18,28,30H,2-3,6-10,13-14,16H2,1H3/t18-/m1/s1. The molecule has 0 radical (unpaired) electrons. The van der Waals surface area contributed by atoms with E-state index in [1.807, 2.05) is 6.07 Å². The van der Waals surface area contributed by atoms with E-state index in [9.17, 15) is 9.18 Å². The number of anilines is 1. The van der Waals surface area contributed by atoms with Gasteiger partial charge in [-0.1, -0.05) is 17.7 Å². The Morgan fingerprint density at radius 3 is 2.91 bits per heavy atom. The van der Waals surface area contributed by atoms with E-state index in [1.54, 1.807) is 25.4 Å². The van der Waals surface area contributed by atoms with E-state index >= 15 is 0 Å². The molecule has 0 bridgehead atoms. The number of nitrogens with zero attached hydrogens (tertiary/aromatic N) is 1. The number of halogens is 2. The van der Waals surface area contributed by atoms with Gasteiger partial charge in [0.05, 0.1) is 16.3 Å². The smallest absolute Gasteiger partial charge is 0.146 e. The van der Waals surface area contributed by atoms with E-state index in [0.29, 0.717) is 36.2 Å². The second kappa shape index (κ2) is 10.9. The summed E-state index contributed by atoms with van der Waals surface area (Å²) in [5.41, 5.74) is 2.17. The number of hydrogen-bond donors (Lipinski definition) is 2. The third-order valence-corrected chi connectivity index (χ3v) is 7.04. The van der Waals surface area contributed by atoms with Crippen molar-refractivity contribution in [3.05, 3.63) is 47.0 Å². The summed E-state index contributed by atoms with van der Waals surface area (Å²) in [5, 5.41) is 6.96. The molecule has 0 amide bonds. The zero-order valence-electron chi connectivity index (χ0n) is 19.0. The van der Waals surface area contributed by atoms with Gasteiger partial charge in [0.2, 0.25) is 0 Å². The molecule has 178 valence electrons. The lowest BCUT2D eigenvalue weighted by Gasteiger charge is -2.36. The quantitative estimate of drug-likeness (QED) is 0.594. The maximum Gasteiger partial charge on any atom is 0.146 e. The molecule has 0 spiro atoms. The largest absolute Gasteiger partial charge is 0.381 e. The van der Waals surface area contributed by atoms with Crippen LogP contribution >= 0.6 is 11.6 Å². The molecule has 2 aliphatic rings. The van der Waals surface area contributed by atoms with Gasteiger partial charge in [-0.15, -0.1) is 0 Å². The van der Waals surface area contributed by atoms with Gasteiger partial charge in [0.15, 0.2) is 0 Å². The zero-order chi connectivity index (χ0) is 23.3. The number of ether oxygens (including phenoxy) is 2. The topological polar surface area (TPSA) is 72.5 Å². The number of rotatable bonds is 8. The van der Waals surface area contributed by atoms with Gasteiger partial charge in [0, 0.05) is 76.0 Å². The fourth-order valence-electron chi connectivity index (χ4n) is 4.53. The monoisotopic (exact) mass is 475 g/mol. The van der Waals surface area contributed by atoms with Crippen molar-refractivity contribution >= 4 is 23.1 Å². The molecule has 2 N–H and O–H groups in total. The molecule has 0 unspecified atom stereocenters. The third-order valence-electron chi connectivity index (χ3n) is 6.73. The van der Waals surface area contributed by atoms with Crippen LogP contribution in [0.1, 0.15) is 31.4 Å². The summed E-state index contributed by atoms with van der Waals surface area (Å²) in [7, 11) is 1.68. The maximum absolute atomic E-state index is 14.6. The van der Waals surface area contributed by atoms with Crippen LogP contribution in [-0.2, 0) is 20.7 Å². The molecule has 0 saturated carbocycles. The summed E-state index contributed by atoms with van der Waals surface area (Å²) in [6.45, 7) is 3.42. The van der Waals surface area contributed by atoms with Crippen LogP contribution in [0.15, 0.2) is 30.5 Å². The predicted molar refractivity (Wildman–Crippen MR) is 127 cm³/mol. The molecule has 6 nitrogen and oxygen atoms in total. The number of ketones is 1. The SMILES string of the molecule is COC1(CNc2cc(-c3cc(CC(=O)[C@@H]4CCCNC4)ncc3Cl)ccc2F)CCOCC1. The van der Waals surface area contributed by atoms with Crippen molar-refractivity contribution in [3.63, 3.8) is 0 Å². The van der Waals surface area contributed by atoms with Crippen LogP contribution in [0.5, 0.6) is 0 Å². The van der Waals surface area contributed by atoms with Gasteiger partial charge in [-0.25, -0.2) is 4.39 Å². The Labute approximate surface area is 199 Å². The fraction of sp³-hybridized carbons (Fsp3) is 0.520. The van der Waals surface area contributed by atoms with Crippen LogP contribution in [0.3, 0.4) is 0 Å².